The fourth-order valence-corrected chi connectivity index (χ4v) is 1.56. The van der Waals surface area contributed by atoms with Crippen LogP contribution in [0.5, 0.6) is 0 Å². The lowest BCUT2D eigenvalue weighted by Gasteiger charge is -2.16. The molecular formula is C13H17ClN2O3. The van der Waals surface area contributed by atoms with E-state index in [1.807, 2.05) is 0 Å². The number of rotatable bonds is 4. The van der Waals surface area contributed by atoms with Gasteiger partial charge in [-0.2, -0.15) is 0 Å². The smallest absolute Gasteiger partial charge is 0.255 e. The average molecular weight is 285 g/mol. The number of amides is 2. The molecule has 0 aliphatic carbocycles. The SMILES string of the molecule is COC(C)C(=O)Nc1cc(Cl)ccc1C(=O)N(C)C. The first kappa shape index (κ1) is 15.5. The topological polar surface area (TPSA) is 58.6 Å². The van der Waals surface area contributed by atoms with Crippen LogP contribution < -0.4 is 5.32 Å². The van der Waals surface area contributed by atoms with E-state index in [0.29, 0.717) is 16.3 Å². The largest absolute Gasteiger partial charge is 0.372 e. The molecule has 1 unspecified atom stereocenters. The Morgan fingerprint density at radius 3 is 2.53 bits per heavy atom. The maximum absolute atomic E-state index is 12.0. The molecule has 0 heterocycles. The van der Waals surface area contributed by atoms with Crippen LogP contribution in [0.25, 0.3) is 0 Å². The minimum absolute atomic E-state index is 0.211. The number of carbonyl (C=O) groups excluding carboxylic acids is 2. The Kier molecular flexibility index (Phi) is 5.32. The molecule has 19 heavy (non-hydrogen) atoms. The van der Waals surface area contributed by atoms with Crippen molar-refractivity contribution in [3.63, 3.8) is 0 Å². The van der Waals surface area contributed by atoms with Crippen molar-refractivity contribution >= 4 is 29.1 Å². The molecule has 1 atom stereocenters. The van der Waals surface area contributed by atoms with E-state index in [0.717, 1.165) is 0 Å². The van der Waals surface area contributed by atoms with Gasteiger partial charge in [-0.15, -0.1) is 0 Å². The molecule has 0 spiro atoms. The van der Waals surface area contributed by atoms with Crippen LogP contribution in [0.15, 0.2) is 18.2 Å². The fourth-order valence-electron chi connectivity index (χ4n) is 1.39. The Bertz CT molecular complexity index is 489. The van der Waals surface area contributed by atoms with E-state index in [9.17, 15) is 9.59 Å². The summed E-state index contributed by atoms with van der Waals surface area (Å²) < 4.78 is 4.92. The molecule has 0 aliphatic heterocycles. The third-order valence-corrected chi connectivity index (χ3v) is 2.83. The number of nitrogens with zero attached hydrogens (tertiary/aromatic N) is 1. The van der Waals surface area contributed by atoms with Gasteiger partial charge in [-0.05, 0) is 25.1 Å². The monoisotopic (exact) mass is 284 g/mol. The minimum Gasteiger partial charge on any atom is -0.372 e. The lowest BCUT2D eigenvalue weighted by molar-refractivity contribution is -0.124. The molecule has 0 saturated carbocycles. The molecule has 0 aromatic heterocycles. The number of anilines is 1. The van der Waals surface area contributed by atoms with Gasteiger partial charge in [0, 0.05) is 26.2 Å². The molecular weight excluding hydrogens is 268 g/mol. The summed E-state index contributed by atoms with van der Waals surface area (Å²) in [4.78, 5) is 25.2. The normalized spacial score (nSPS) is 11.8. The molecule has 1 N–H and O–H groups in total. The molecule has 0 radical (unpaired) electrons. The summed E-state index contributed by atoms with van der Waals surface area (Å²) in [6, 6.07) is 4.73. The molecule has 0 aliphatic rings. The average Bonchev–Trinajstić information content (AvgIpc) is 2.37. The maximum Gasteiger partial charge on any atom is 0.255 e. The molecule has 104 valence electrons. The quantitative estimate of drug-likeness (QED) is 0.920. The number of halogens is 1. The van der Waals surface area contributed by atoms with Crippen molar-refractivity contribution < 1.29 is 14.3 Å². The zero-order valence-electron chi connectivity index (χ0n) is 11.4. The summed E-state index contributed by atoms with van der Waals surface area (Å²) in [5.41, 5.74) is 0.756. The second-order valence-electron chi connectivity index (χ2n) is 4.26. The van der Waals surface area contributed by atoms with Crippen LogP contribution in [0.2, 0.25) is 5.02 Å². The highest BCUT2D eigenvalue weighted by Gasteiger charge is 2.18. The number of nitrogens with one attached hydrogen (secondary N) is 1. The van der Waals surface area contributed by atoms with E-state index < -0.39 is 6.10 Å². The highest BCUT2D eigenvalue weighted by molar-refractivity contribution is 6.31. The van der Waals surface area contributed by atoms with Crippen LogP contribution in [-0.4, -0.2) is 44.0 Å². The first-order chi connectivity index (χ1) is 8.86. The van der Waals surface area contributed by atoms with Crippen LogP contribution in [0.4, 0.5) is 5.69 Å². The number of carbonyl (C=O) groups is 2. The number of hydrogen-bond donors (Lipinski definition) is 1. The summed E-state index contributed by atoms with van der Waals surface area (Å²) in [5, 5.41) is 3.08. The van der Waals surface area contributed by atoms with Gasteiger partial charge in [0.2, 0.25) is 0 Å². The van der Waals surface area contributed by atoms with Gasteiger partial charge < -0.3 is 15.0 Å². The van der Waals surface area contributed by atoms with Crippen LogP contribution in [0.1, 0.15) is 17.3 Å². The van der Waals surface area contributed by atoms with Gasteiger partial charge in [-0.3, -0.25) is 9.59 Å². The third-order valence-electron chi connectivity index (χ3n) is 2.60. The van der Waals surface area contributed by atoms with Gasteiger partial charge in [-0.25, -0.2) is 0 Å². The lowest BCUT2D eigenvalue weighted by Crippen LogP contribution is -2.29. The number of benzene rings is 1. The van der Waals surface area contributed by atoms with Gasteiger partial charge in [0.15, 0.2) is 0 Å². The summed E-state index contributed by atoms with van der Waals surface area (Å²) in [6.45, 7) is 1.62. The summed E-state index contributed by atoms with van der Waals surface area (Å²) in [7, 11) is 4.72. The summed E-state index contributed by atoms with van der Waals surface area (Å²) in [5.74, 6) is -0.547. The van der Waals surface area contributed by atoms with Crippen LogP contribution in [0, 0.1) is 0 Å². The van der Waals surface area contributed by atoms with Crippen molar-refractivity contribution in [1.82, 2.24) is 4.90 Å². The molecule has 0 saturated heterocycles. The van der Waals surface area contributed by atoms with Gasteiger partial charge in [0.05, 0.1) is 11.3 Å². The lowest BCUT2D eigenvalue weighted by atomic mass is 10.1. The first-order valence-corrected chi connectivity index (χ1v) is 6.09. The molecule has 1 aromatic rings. The Balaban J connectivity index is 3.08. The van der Waals surface area contributed by atoms with Crippen molar-refractivity contribution in [3.8, 4) is 0 Å². The molecule has 2 amide bonds. The van der Waals surface area contributed by atoms with Crippen LogP contribution in [0.3, 0.4) is 0 Å². The standard InChI is InChI=1S/C13H17ClN2O3/c1-8(19-4)12(17)15-11-7-9(14)5-6-10(11)13(18)16(2)3/h5-8H,1-4H3,(H,15,17). The van der Waals surface area contributed by atoms with E-state index in [1.165, 1.54) is 12.0 Å². The van der Waals surface area contributed by atoms with E-state index >= 15 is 0 Å². The van der Waals surface area contributed by atoms with E-state index in [2.05, 4.69) is 5.32 Å². The molecule has 1 rings (SSSR count). The van der Waals surface area contributed by atoms with Gasteiger partial charge in [0.1, 0.15) is 6.10 Å². The second-order valence-corrected chi connectivity index (χ2v) is 4.69. The van der Waals surface area contributed by atoms with E-state index in [4.69, 9.17) is 16.3 Å². The summed E-state index contributed by atoms with van der Waals surface area (Å²) >= 11 is 5.89. The third kappa shape index (κ3) is 3.94. The Morgan fingerprint density at radius 2 is 2.00 bits per heavy atom. The Labute approximate surface area is 117 Å². The van der Waals surface area contributed by atoms with Crippen molar-refractivity contribution in [2.75, 3.05) is 26.5 Å². The molecule has 1 aromatic carbocycles. The predicted octanol–water partition coefficient (Wildman–Crippen LogP) is 2.02. The van der Waals surface area contributed by atoms with Gasteiger partial charge in [0.25, 0.3) is 11.8 Å². The van der Waals surface area contributed by atoms with Crippen molar-refractivity contribution in [1.29, 1.82) is 0 Å². The zero-order valence-corrected chi connectivity index (χ0v) is 12.1. The second kappa shape index (κ2) is 6.54. The summed E-state index contributed by atoms with van der Waals surface area (Å²) in [6.07, 6.45) is -0.610. The Hall–Kier alpha value is -1.59. The fraction of sp³-hybridized carbons (Fsp3) is 0.385. The number of ether oxygens (including phenoxy) is 1. The molecule has 0 bridgehead atoms. The van der Waals surface area contributed by atoms with E-state index in [-0.39, 0.29) is 11.8 Å². The van der Waals surface area contributed by atoms with Gasteiger partial charge in [-0.1, -0.05) is 11.6 Å². The van der Waals surface area contributed by atoms with E-state index in [1.54, 1.807) is 39.2 Å². The van der Waals surface area contributed by atoms with Crippen LogP contribution >= 0.6 is 11.6 Å². The minimum atomic E-state index is -0.610. The zero-order chi connectivity index (χ0) is 14.6. The predicted molar refractivity (Wildman–Crippen MR) is 74.6 cm³/mol. The number of methoxy groups -OCH3 is 1. The molecule has 0 fully saturated rings. The first-order valence-electron chi connectivity index (χ1n) is 5.71. The Morgan fingerprint density at radius 1 is 1.37 bits per heavy atom. The van der Waals surface area contributed by atoms with Crippen molar-refractivity contribution in [2.45, 2.75) is 13.0 Å². The van der Waals surface area contributed by atoms with Gasteiger partial charge >= 0.3 is 0 Å². The van der Waals surface area contributed by atoms with Crippen molar-refractivity contribution in [2.24, 2.45) is 0 Å². The van der Waals surface area contributed by atoms with Crippen LogP contribution in [-0.2, 0) is 9.53 Å². The highest BCUT2D eigenvalue weighted by atomic mass is 35.5. The molecule has 5 nitrogen and oxygen atoms in total. The van der Waals surface area contributed by atoms with Crippen molar-refractivity contribution in [3.05, 3.63) is 28.8 Å². The maximum atomic E-state index is 12.0. The number of hydrogen-bond acceptors (Lipinski definition) is 3. The highest BCUT2D eigenvalue weighted by Crippen LogP contribution is 2.22. The molecule has 6 heteroatoms.